The van der Waals surface area contributed by atoms with Crippen molar-refractivity contribution >= 4 is 29.2 Å². The summed E-state index contributed by atoms with van der Waals surface area (Å²) >= 11 is 1.51. The molecule has 8 nitrogen and oxygen atoms in total. The monoisotopic (exact) mass is 399 g/mol. The fourth-order valence-corrected chi connectivity index (χ4v) is 4.45. The summed E-state index contributed by atoms with van der Waals surface area (Å²) in [7, 11) is 0. The summed E-state index contributed by atoms with van der Waals surface area (Å²) < 4.78 is 1.69. The van der Waals surface area contributed by atoms with Crippen molar-refractivity contribution < 1.29 is 9.72 Å². The maximum atomic E-state index is 13.1. The van der Waals surface area contributed by atoms with Crippen molar-refractivity contribution in [3.63, 3.8) is 0 Å². The van der Waals surface area contributed by atoms with Gasteiger partial charge in [-0.15, -0.1) is 5.10 Å². The lowest BCUT2D eigenvalue weighted by atomic mass is 9.73. The molecule has 1 atom stereocenters. The Bertz CT molecular complexity index is 1010. The first-order valence-corrected chi connectivity index (χ1v) is 10.1. The third kappa shape index (κ3) is 3.19. The molecule has 0 amide bonds. The zero-order chi connectivity index (χ0) is 20.1. The Morgan fingerprint density at radius 2 is 2.18 bits per heavy atom. The number of aromatic nitrogens is 3. The number of nitro benzene ring substituents is 1. The number of nitrogens with one attached hydrogen (secondary N) is 1. The molecule has 0 radical (unpaired) electrons. The van der Waals surface area contributed by atoms with Crippen LogP contribution in [0.15, 0.2) is 40.7 Å². The van der Waals surface area contributed by atoms with Crippen LogP contribution >= 0.6 is 11.8 Å². The van der Waals surface area contributed by atoms with Gasteiger partial charge in [0.25, 0.3) is 5.69 Å². The van der Waals surface area contributed by atoms with Crippen LogP contribution in [-0.4, -0.2) is 31.2 Å². The number of rotatable bonds is 4. The Balaban J connectivity index is 1.90. The number of Topliss-reactive ketones (excluding diaryl/α,β-unsaturated/α-hetero) is 1. The number of non-ortho nitro benzene ring substituents is 1. The van der Waals surface area contributed by atoms with E-state index in [4.69, 9.17) is 0 Å². The van der Waals surface area contributed by atoms with E-state index in [1.165, 1.54) is 23.9 Å². The number of nitrogens with zero attached hydrogens (tertiary/aromatic N) is 4. The summed E-state index contributed by atoms with van der Waals surface area (Å²) in [5.74, 6) is 1.43. The van der Waals surface area contributed by atoms with Crippen molar-refractivity contribution in [2.24, 2.45) is 5.41 Å². The number of nitro groups is 1. The Morgan fingerprint density at radius 1 is 1.39 bits per heavy atom. The van der Waals surface area contributed by atoms with Crippen molar-refractivity contribution in [2.45, 2.75) is 44.8 Å². The first-order chi connectivity index (χ1) is 13.3. The van der Waals surface area contributed by atoms with Gasteiger partial charge in [0, 0.05) is 29.8 Å². The second-order valence-corrected chi connectivity index (χ2v) is 9.04. The van der Waals surface area contributed by atoms with Gasteiger partial charge in [-0.2, -0.15) is 4.98 Å². The SMILES string of the molecule is CCSc1nc2n(n1)[C@@H](c1cccc([N+](=O)[O-])c1)C1=C(CC(C)(C)CC1=O)N2. The van der Waals surface area contributed by atoms with E-state index in [-0.39, 0.29) is 16.9 Å². The minimum absolute atomic E-state index is 0.00778. The lowest BCUT2D eigenvalue weighted by Crippen LogP contribution is -2.36. The zero-order valence-electron chi connectivity index (χ0n) is 15.9. The van der Waals surface area contributed by atoms with Crippen LogP contribution in [0.2, 0.25) is 0 Å². The van der Waals surface area contributed by atoms with Crippen LogP contribution in [0.25, 0.3) is 0 Å². The highest BCUT2D eigenvalue weighted by Crippen LogP contribution is 2.45. The number of ketones is 1. The Labute approximate surface area is 166 Å². The molecule has 9 heteroatoms. The third-order valence-corrected chi connectivity index (χ3v) is 5.70. The molecule has 2 aromatic rings. The van der Waals surface area contributed by atoms with E-state index in [2.05, 4.69) is 29.2 Å². The molecule has 0 spiro atoms. The van der Waals surface area contributed by atoms with E-state index in [1.807, 2.05) is 6.92 Å². The largest absolute Gasteiger partial charge is 0.328 e. The van der Waals surface area contributed by atoms with Crippen molar-refractivity contribution in [1.82, 2.24) is 14.8 Å². The van der Waals surface area contributed by atoms with Crippen LogP contribution in [0, 0.1) is 15.5 Å². The number of allylic oxidation sites excluding steroid dienone is 2. The lowest BCUT2D eigenvalue weighted by Gasteiger charge is -2.38. The molecule has 2 aliphatic rings. The summed E-state index contributed by atoms with van der Waals surface area (Å²) in [4.78, 5) is 28.5. The zero-order valence-corrected chi connectivity index (χ0v) is 16.7. The predicted molar refractivity (Wildman–Crippen MR) is 106 cm³/mol. The quantitative estimate of drug-likeness (QED) is 0.471. The highest BCUT2D eigenvalue weighted by molar-refractivity contribution is 7.99. The molecule has 0 fully saturated rings. The molecule has 0 bridgehead atoms. The first kappa shape index (κ1) is 18.7. The summed E-state index contributed by atoms with van der Waals surface area (Å²) in [6.07, 6.45) is 1.14. The average Bonchev–Trinajstić information content (AvgIpc) is 3.01. The minimum atomic E-state index is -0.520. The standard InChI is InChI=1S/C19H21N5O3S/c1-4-28-18-21-17-20-13-9-19(2,3)10-14(25)15(13)16(23(17)22-18)11-6-5-7-12(8-11)24(26)27/h5-8,16H,4,9-10H2,1-3H3,(H,20,21,22)/t16-/m0/s1. The number of thioether (sulfide) groups is 1. The van der Waals surface area contributed by atoms with Gasteiger partial charge in [0.15, 0.2) is 5.78 Å². The van der Waals surface area contributed by atoms with Gasteiger partial charge in [-0.05, 0) is 23.2 Å². The molecule has 4 rings (SSSR count). The molecule has 1 N–H and O–H groups in total. The van der Waals surface area contributed by atoms with Crippen molar-refractivity contribution in [2.75, 3.05) is 11.1 Å². The molecule has 28 heavy (non-hydrogen) atoms. The Kier molecular flexibility index (Phi) is 4.49. The highest BCUT2D eigenvalue weighted by atomic mass is 32.2. The van der Waals surface area contributed by atoms with Gasteiger partial charge < -0.3 is 5.32 Å². The van der Waals surface area contributed by atoms with Crippen molar-refractivity contribution in [1.29, 1.82) is 0 Å². The van der Waals surface area contributed by atoms with E-state index in [0.29, 0.717) is 35.1 Å². The maximum absolute atomic E-state index is 13.1. The normalized spacial score (nSPS) is 20.4. The summed E-state index contributed by atoms with van der Waals surface area (Å²) in [6.45, 7) is 6.15. The van der Waals surface area contributed by atoms with Crippen molar-refractivity contribution in [3.8, 4) is 0 Å². The average molecular weight is 399 g/mol. The first-order valence-electron chi connectivity index (χ1n) is 9.16. The number of benzene rings is 1. The van der Waals surface area contributed by atoms with Crippen LogP contribution in [-0.2, 0) is 4.79 Å². The topological polar surface area (TPSA) is 103 Å². The molecule has 0 saturated heterocycles. The lowest BCUT2D eigenvalue weighted by molar-refractivity contribution is -0.384. The number of fused-ring (bicyclic) bond motifs is 1. The summed E-state index contributed by atoms with van der Waals surface area (Å²) in [5, 5.41) is 19.8. The predicted octanol–water partition coefficient (Wildman–Crippen LogP) is 3.96. The van der Waals surface area contributed by atoms with E-state index in [9.17, 15) is 14.9 Å². The van der Waals surface area contributed by atoms with Crippen LogP contribution in [0.1, 0.15) is 45.2 Å². The second-order valence-electron chi connectivity index (χ2n) is 7.81. The Morgan fingerprint density at radius 3 is 2.89 bits per heavy atom. The van der Waals surface area contributed by atoms with Crippen LogP contribution in [0.4, 0.5) is 11.6 Å². The fourth-order valence-electron chi connectivity index (χ4n) is 3.90. The minimum Gasteiger partial charge on any atom is -0.328 e. The van der Waals surface area contributed by atoms with Crippen LogP contribution in [0.3, 0.4) is 0 Å². The number of carbonyl (C=O) groups is 1. The van der Waals surface area contributed by atoms with E-state index < -0.39 is 11.0 Å². The van der Waals surface area contributed by atoms with Crippen LogP contribution < -0.4 is 5.32 Å². The van der Waals surface area contributed by atoms with Crippen molar-refractivity contribution in [3.05, 3.63) is 51.2 Å². The third-order valence-electron chi connectivity index (χ3n) is 4.98. The maximum Gasteiger partial charge on any atom is 0.269 e. The second kappa shape index (κ2) is 6.73. The van der Waals surface area contributed by atoms with Gasteiger partial charge in [0.05, 0.1) is 4.92 Å². The van der Waals surface area contributed by atoms with E-state index >= 15 is 0 Å². The van der Waals surface area contributed by atoms with Gasteiger partial charge in [-0.3, -0.25) is 14.9 Å². The molecule has 2 heterocycles. The van der Waals surface area contributed by atoms with Gasteiger partial charge in [-0.1, -0.05) is 44.7 Å². The smallest absolute Gasteiger partial charge is 0.269 e. The van der Waals surface area contributed by atoms with E-state index in [0.717, 1.165) is 11.4 Å². The molecule has 1 aromatic carbocycles. The molecule has 0 unspecified atom stereocenters. The molecule has 1 aliphatic carbocycles. The molecule has 1 aliphatic heterocycles. The van der Waals surface area contributed by atoms with Crippen LogP contribution in [0.5, 0.6) is 0 Å². The van der Waals surface area contributed by atoms with E-state index in [1.54, 1.807) is 16.8 Å². The van der Waals surface area contributed by atoms with Gasteiger partial charge in [0.2, 0.25) is 11.1 Å². The number of anilines is 1. The summed E-state index contributed by atoms with van der Waals surface area (Å²) in [5.41, 5.74) is 1.97. The van der Waals surface area contributed by atoms with Gasteiger partial charge in [-0.25, -0.2) is 4.68 Å². The molecular formula is C19H21N5O3S. The van der Waals surface area contributed by atoms with Gasteiger partial charge >= 0.3 is 0 Å². The fraction of sp³-hybridized carbons (Fsp3) is 0.421. The highest BCUT2D eigenvalue weighted by Gasteiger charge is 2.42. The molecule has 0 saturated carbocycles. The number of hydrogen-bond acceptors (Lipinski definition) is 7. The molecule has 146 valence electrons. The summed E-state index contributed by atoms with van der Waals surface area (Å²) in [6, 6.07) is 5.90. The number of hydrogen-bond donors (Lipinski definition) is 1. The van der Waals surface area contributed by atoms with Gasteiger partial charge in [0.1, 0.15) is 6.04 Å². The Hall–Kier alpha value is -2.68. The molecular weight excluding hydrogens is 378 g/mol. The number of carbonyl (C=O) groups excluding carboxylic acids is 1. The molecule has 1 aromatic heterocycles.